The highest BCUT2D eigenvalue weighted by Gasteiger charge is 2.35. The Hall–Kier alpha value is -3.81. The molecule has 0 spiro atoms. The molecule has 2 N–H and O–H groups in total. The van der Waals surface area contributed by atoms with Crippen molar-refractivity contribution in [2.24, 2.45) is 5.92 Å². The Labute approximate surface area is 198 Å². The van der Waals surface area contributed by atoms with Crippen LogP contribution in [0.5, 0.6) is 0 Å². The molecule has 0 radical (unpaired) electrons. The van der Waals surface area contributed by atoms with E-state index in [4.69, 9.17) is 9.47 Å². The van der Waals surface area contributed by atoms with Gasteiger partial charge in [-0.2, -0.15) is 0 Å². The Morgan fingerprint density at radius 3 is 2.18 bits per heavy atom. The number of ether oxygens (including phenoxy) is 2. The van der Waals surface area contributed by atoms with Gasteiger partial charge in [0, 0.05) is 19.0 Å². The minimum absolute atomic E-state index is 0.105. The van der Waals surface area contributed by atoms with Crippen molar-refractivity contribution in [3.05, 3.63) is 72.3 Å². The molecular weight excluding hydrogens is 436 g/mol. The fraction of sp³-hybridized carbons (Fsp3) is 0.346. The van der Waals surface area contributed by atoms with E-state index in [9.17, 15) is 19.5 Å². The fourth-order valence-electron chi connectivity index (χ4n) is 4.79. The van der Waals surface area contributed by atoms with Crippen LogP contribution in [0.4, 0.5) is 9.59 Å². The van der Waals surface area contributed by atoms with Crippen molar-refractivity contribution in [1.82, 2.24) is 10.2 Å². The zero-order valence-corrected chi connectivity index (χ0v) is 18.8. The number of nitrogens with zero attached hydrogens (tertiary/aromatic N) is 1. The highest BCUT2D eigenvalue weighted by molar-refractivity contribution is 5.81. The van der Waals surface area contributed by atoms with Crippen molar-refractivity contribution in [3.8, 4) is 11.1 Å². The molecule has 0 aromatic heterocycles. The maximum atomic E-state index is 12.6. The summed E-state index contributed by atoms with van der Waals surface area (Å²) in [6, 6.07) is 14.9. The van der Waals surface area contributed by atoms with E-state index in [-0.39, 0.29) is 25.0 Å². The van der Waals surface area contributed by atoms with Crippen molar-refractivity contribution in [2.75, 3.05) is 26.3 Å². The lowest BCUT2D eigenvalue weighted by Crippen LogP contribution is -2.50. The molecule has 34 heavy (non-hydrogen) atoms. The maximum Gasteiger partial charge on any atom is 0.410 e. The monoisotopic (exact) mass is 464 g/mol. The third-order valence-corrected chi connectivity index (χ3v) is 6.48. The summed E-state index contributed by atoms with van der Waals surface area (Å²) in [5.74, 6) is -1.55. The summed E-state index contributed by atoms with van der Waals surface area (Å²) in [6.07, 6.45) is 1.15. The van der Waals surface area contributed by atoms with Crippen molar-refractivity contribution in [1.29, 1.82) is 0 Å². The highest BCUT2D eigenvalue weighted by Crippen LogP contribution is 2.44. The molecular formula is C26H28N2O6. The van der Waals surface area contributed by atoms with E-state index in [2.05, 4.69) is 11.9 Å². The van der Waals surface area contributed by atoms with Gasteiger partial charge >= 0.3 is 18.2 Å². The lowest BCUT2D eigenvalue weighted by molar-refractivity contribution is -0.141. The van der Waals surface area contributed by atoms with Gasteiger partial charge in [-0.3, -0.25) is 0 Å². The van der Waals surface area contributed by atoms with Crippen LogP contribution >= 0.6 is 0 Å². The van der Waals surface area contributed by atoms with Gasteiger partial charge in [-0.15, -0.1) is 0 Å². The van der Waals surface area contributed by atoms with Gasteiger partial charge in [0.2, 0.25) is 0 Å². The first-order valence-corrected chi connectivity index (χ1v) is 11.4. The van der Waals surface area contributed by atoms with Gasteiger partial charge in [-0.1, -0.05) is 61.2 Å². The van der Waals surface area contributed by atoms with E-state index >= 15 is 0 Å². The number of alkyl carbamates (subject to hydrolysis) is 1. The van der Waals surface area contributed by atoms with Gasteiger partial charge in [0.25, 0.3) is 0 Å². The third-order valence-electron chi connectivity index (χ3n) is 6.48. The van der Waals surface area contributed by atoms with Gasteiger partial charge < -0.3 is 24.8 Å². The number of carbonyl (C=O) groups excluding carboxylic acids is 2. The molecule has 2 aromatic carbocycles. The number of carbonyl (C=O) groups is 3. The SMILES string of the molecule is C=CCOC(=O)N1CCC([C@H](NC(=O)OCC2c3ccccc3-c3ccccc32)C(=O)O)CC1. The molecule has 1 fully saturated rings. The van der Waals surface area contributed by atoms with Crippen molar-refractivity contribution in [2.45, 2.75) is 24.8 Å². The van der Waals surface area contributed by atoms with Crippen LogP contribution < -0.4 is 5.32 Å². The number of amides is 2. The molecule has 2 amide bonds. The molecule has 0 saturated carbocycles. The molecule has 1 aliphatic carbocycles. The zero-order chi connectivity index (χ0) is 24.1. The standard InChI is InChI=1S/C26H28N2O6/c1-2-15-33-26(32)28-13-11-17(12-14-28)23(24(29)30)27-25(31)34-16-22-20-9-5-3-7-18(20)19-8-4-6-10-21(19)22/h2-10,17,22-23H,1,11-16H2,(H,27,31)(H,29,30)/t23-/m0/s1. The molecule has 1 atom stereocenters. The minimum Gasteiger partial charge on any atom is -0.480 e. The normalized spacial score (nSPS) is 16.2. The molecule has 2 aromatic rings. The molecule has 178 valence electrons. The number of benzene rings is 2. The van der Waals surface area contributed by atoms with Gasteiger partial charge in [-0.05, 0) is 41.0 Å². The summed E-state index contributed by atoms with van der Waals surface area (Å²) in [6.45, 7) is 4.46. The topological polar surface area (TPSA) is 105 Å². The summed E-state index contributed by atoms with van der Waals surface area (Å²) in [5, 5.41) is 12.2. The molecule has 4 rings (SSSR count). The molecule has 1 heterocycles. The second-order valence-electron chi connectivity index (χ2n) is 8.48. The number of hydrogen-bond donors (Lipinski definition) is 2. The van der Waals surface area contributed by atoms with Crippen molar-refractivity contribution < 1.29 is 29.0 Å². The number of carboxylic acid groups (broad SMARTS) is 1. The summed E-state index contributed by atoms with van der Waals surface area (Å²) < 4.78 is 10.5. The van der Waals surface area contributed by atoms with Crippen LogP contribution in [0.15, 0.2) is 61.2 Å². The van der Waals surface area contributed by atoms with Crippen LogP contribution in [-0.4, -0.2) is 60.5 Å². The predicted octanol–water partition coefficient (Wildman–Crippen LogP) is 4.01. The number of carboxylic acids is 1. The largest absolute Gasteiger partial charge is 0.480 e. The Morgan fingerprint density at radius 1 is 1.03 bits per heavy atom. The lowest BCUT2D eigenvalue weighted by atomic mass is 9.89. The first kappa shape index (κ1) is 23.4. The highest BCUT2D eigenvalue weighted by atomic mass is 16.6. The van der Waals surface area contributed by atoms with Crippen LogP contribution in [-0.2, 0) is 14.3 Å². The van der Waals surface area contributed by atoms with E-state index < -0.39 is 24.2 Å². The van der Waals surface area contributed by atoms with Crippen molar-refractivity contribution >= 4 is 18.2 Å². The Balaban J connectivity index is 1.34. The molecule has 8 heteroatoms. The zero-order valence-electron chi connectivity index (χ0n) is 18.8. The smallest absolute Gasteiger partial charge is 0.410 e. The minimum atomic E-state index is -1.12. The number of nitrogens with one attached hydrogen (secondary N) is 1. The fourth-order valence-corrected chi connectivity index (χ4v) is 4.79. The van der Waals surface area contributed by atoms with Crippen LogP contribution in [0.2, 0.25) is 0 Å². The van der Waals surface area contributed by atoms with Gasteiger partial charge in [0.05, 0.1) is 0 Å². The Morgan fingerprint density at radius 2 is 1.62 bits per heavy atom. The molecule has 8 nitrogen and oxygen atoms in total. The summed E-state index contributed by atoms with van der Waals surface area (Å²) in [7, 11) is 0. The van der Waals surface area contributed by atoms with Gasteiger partial charge in [-0.25, -0.2) is 14.4 Å². The Kier molecular flexibility index (Phi) is 7.15. The number of likely N-dealkylation sites (tertiary alicyclic amines) is 1. The number of fused-ring (bicyclic) bond motifs is 3. The van der Waals surface area contributed by atoms with Crippen LogP contribution in [0.25, 0.3) is 11.1 Å². The summed E-state index contributed by atoms with van der Waals surface area (Å²) in [4.78, 5) is 38.0. The number of rotatable bonds is 7. The molecule has 0 unspecified atom stereocenters. The van der Waals surface area contributed by atoms with E-state index in [1.54, 1.807) is 0 Å². The predicted molar refractivity (Wildman–Crippen MR) is 125 cm³/mol. The second kappa shape index (κ2) is 10.4. The second-order valence-corrected chi connectivity index (χ2v) is 8.48. The number of piperidine rings is 1. The van der Waals surface area contributed by atoms with E-state index in [0.717, 1.165) is 22.3 Å². The van der Waals surface area contributed by atoms with E-state index in [1.165, 1.54) is 11.0 Å². The summed E-state index contributed by atoms with van der Waals surface area (Å²) in [5.41, 5.74) is 4.41. The van der Waals surface area contributed by atoms with Crippen LogP contribution in [0, 0.1) is 5.92 Å². The first-order valence-electron chi connectivity index (χ1n) is 11.4. The van der Waals surface area contributed by atoms with Gasteiger partial charge in [0.15, 0.2) is 0 Å². The maximum absolute atomic E-state index is 12.6. The van der Waals surface area contributed by atoms with E-state index in [0.29, 0.717) is 25.9 Å². The summed E-state index contributed by atoms with van der Waals surface area (Å²) >= 11 is 0. The van der Waals surface area contributed by atoms with E-state index in [1.807, 2.05) is 48.5 Å². The number of aliphatic carboxylic acids is 1. The molecule has 1 saturated heterocycles. The van der Waals surface area contributed by atoms with Crippen LogP contribution in [0.1, 0.15) is 29.9 Å². The molecule has 1 aliphatic heterocycles. The third kappa shape index (κ3) is 4.90. The van der Waals surface area contributed by atoms with Gasteiger partial charge in [0.1, 0.15) is 19.3 Å². The Bertz CT molecular complexity index is 1030. The first-order chi connectivity index (χ1) is 16.5. The average molecular weight is 465 g/mol. The number of hydrogen-bond acceptors (Lipinski definition) is 5. The van der Waals surface area contributed by atoms with Crippen LogP contribution in [0.3, 0.4) is 0 Å². The average Bonchev–Trinajstić information content (AvgIpc) is 3.18. The van der Waals surface area contributed by atoms with Crippen molar-refractivity contribution in [3.63, 3.8) is 0 Å². The lowest BCUT2D eigenvalue weighted by Gasteiger charge is -2.34. The molecule has 0 bridgehead atoms. The quantitative estimate of drug-likeness (QED) is 0.600. The molecule has 2 aliphatic rings.